The summed E-state index contributed by atoms with van der Waals surface area (Å²) in [4.78, 5) is 4.25. The second-order valence-corrected chi connectivity index (χ2v) is 3.29. The maximum absolute atomic E-state index is 8.62. The molecule has 0 aliphatic carbocycles. The van der Waals surface area contributed by atoms with Crippen molar-refractivity contribution in [2.24, 2.45) is 0 Å². The van der Waals surface area contributed by atoms with Crippen molar-refractivity contribution in [3.8, 4) is 6.07 Å². The molecule has 14 heavy (non-hydrogen) atoms. The van der Waals surface area contributed by atoms with E-state index in [2.05, 4.69) is 21.7 Å². The highest BCUT2D eigenvalue weighted by Gasteiger charge is 2.14. The van der Waals surface area contributed by atoms with Crippen LogP contribution in [0.1, 0.15) is 17.3 Å². The van der Waals surface area contributed by atoms with Gasteiger partial charge in [0, 0.05) is 25.8 Å². The maximum Gasteiger partial charge on any atom is 0.101 e. The summed E-state index contributed by atoms with van der Waals surface area (Å²) < 4.78 is 0. The molecule has 1 aromatic heterocycles. The lowest BCUT2D eigenvalue weighted by atomic mass is 10.1. The van der Waals surface area contributed by atoms with Gasteiger partial charge in [0.1, 0.15) is 6.07 Å². The fourth-order valence-electron chi connectivity index (χ4n) is 1.54. The molecule has 2 N–H and O–H groups in total. The Balaban J connectivity index is 2.12. The first-order chi connectivity index (χ1) is 6.90. The standard InChI is InChI=1S/C10H12N4/c11-5-8-1-2-9(14-6-8)10-7-12-3-4-13-10/h1-2,6,10,12-13H,3-4,7H2/t10-/m0/s1. The van der Waals surface area contributed by atoms with Gasteiger partial charge < -0.3 is 10.6 Å². The first-order valence-electron chi connectivity index (χ1n) is 4.70. The van der Waals surface area contributed by atoms with Gasteiger partial charge in [-0.15, -0.1) is 0 Å². The highest BCUT2D eigenvalue weighted by atomic mass is 15.1. The molecule has 0 amide bonds. The zero-order valence-corrected chi connectivity index (χ0v) is 7.83. The molecule has 2 rings (SSSR count). The fourth-order valence-corrected chi connectivity index (χ4v) is 1.54. The van der Waals surface area contributed by atoms with Crippen molar-refractivity contribution in [2.75, 3.05) is 19.6 Å². The van der Waals surface area contributed by atoms with Gasteiger partial charge in [0.15, 0.2) is 0 Å². The predicted molar refractivity (Wildman–Crippen MR) is 52.6 cm³/mol. The molecule has 0 unspecified atom stereocenters. The average molecular weight is 188 g/mol. The summed E-state index contributed by atoms with van der Waals surface area (Å²) in [5.41, 5.74) is 1.61. The Morgan fingerprint density at radius 1 is 1.43 bits per heavy atom. The van der Waals surface area contributed by atoms with E-state index in [0.717, 1.165) is 25.3 Å². The normalized spacial score (nSPS) is 21.5. The van der Waals surface area contributed by atoms with Gasteiger partial charge in [-0.1, -0.05) is 0 Å². The fraction of sp³-hybridized carbons (Fsp3) is 0.400. The van der Waals surface area contributed by atoms with Crippen molar-refractivity contribution < 1.29 is 0 Å². The molecule has 1 fully saturated rings. The quantitative estimate of drug-likeness (QED) is 0.660. The van der Waals surface area contributed by atoms with E-state index in [9.17, 15) is 0 Å². The summed E-state index contributed by atoms with van der Waals surface area (Å²) in [6.07, 6.45) is 1.62. The van der Waals surface area contributed by atoms with Crippen molar-refractivity contribution in [3.05, 3.63) is 29.6 Å². The lowest BCUT2D eigenvalue weighted by Gasteiger charge is -2.23. The van der Waals surface area contributed by atoms with E-state index in [4.69, 9.17) is 5.26 Å². The molecule has 4 nitrogen and oxygen atoms in total. The summed E-state index contributed by atoms with van der Waals surface area (Å²) in [6.45, 7) is 2.87. The molecule has 4 heteroatoms. The molecule has 72 valence electrons. The average Bonchev–Trinajstić information content (AvgIpc) is 2.30. The summed E-state index contributed by atoms with van der Waals surface area (Å²) in [5.74, 6) is 0. The van der Waals surface area contributed by atoms with Gasteiger partial charge >= 0.3 is 0 Å². The van der Waals surface area contributed by atoms with Crippen LogP contribution in [-0.4, -0.2) is 24.6 Å². The number of pyridine rings is 1. The molecular formula is C10H12N4. The van der Waals surface area contributed by atoms with Gasteiger partial charge in [0.05, 0.1) is 17.3 Å². The highest BCUT2D eigenvalue weighted by molar-refractivity contribution is 5.27. The number of piperazine rings is 1. The van der Waals surface area contributed by atoms with E-state index >= 15 is 0 Å². The topological polar surface area (TPSA) is 60.7 Å². The lowest BCUT2D eigenvalue weighted by Crippen LogP contribution is -2.42. The molecule has 0 bridgehead atoms. The number of nitrogens with zero attached hydrogens (tertiary/aromatic N) is 2. The molecule has 1 saturated heterocycles. The molecule has 0 radical (unpaired) electrons. The number of hydrogen-bond acceptors (Lipinski definition) is 4. The Bertz CT molecular complexity index is 332. The smallest absolute Gasteiger partial charge is 0.101 e. The number of hydrogen-bond donors (Lipinski definition) is 2. The Hall–Kier alpha value is -1.44. The Kier molecular flexibility index (Phi) is 2.73. The Morgan fingerprint density at radius 3 is 2.93 bits per heavy atom. The van der Waals surface area contributed by atoms with E-state index < -0.39 is 0 Å². The minimum absolute atomic E-state index is 0.275. The molecule has 1 aromatic rings. The Labute approximate surface area is 83.0 Å². The van der Waals surface area contributed by atoms with Gasteiger partial charge in [-0.3, -0.25) is 4.98 Å². The second-order valence-electron chi connectivity index (χ2n) is 3.29. The number of aromatic nitrogens is 1. The molecule has 1 aliphatic rings. The number of nitrogens with one attached hydrogen (secondary N) is 2. The molecule has 1 aliphatic heterocycles. The first kappa shape index (κ1) is 9.13. The Morgan fingerprint density at radius 2 is 2.36 bits per heavy atom. The van der Waals surface area contributed by atoms with Gasteiger partial charge in [0.2, 0.25) is 0 Å². The third-order valence-corrected chi connectivity index (χ3v) is 2.31. The molecule has 2 heterocycles. The minimum atomic E-state index is 0.275. The van der Waals surface area contributed by atoms with Crippen molar-refractivity contribution >= 4 is 0 Å². The van der Waals surface area contributed by atoms with Gasteiger partial charge in [-0.25, -0.2) is 0 Å². The van der Waals surface area contributed by atoms with Crippen LogP contribution >= 0.6 is 0 Å². The zero-order chi connectivity index (χ0) is 9.80. The van der Waals surface area contributed by atoms with Crippen molar-refractivity contribution in [1.82, 2.24) is 15.6 Å². The van der Waals surface area contributed by atoms with E-state index in [1.807, 2.05) is 6.07 Å². The lowest BCUT2D eigenvalue weighted by molar-refractivity contribution is 0.423. The van der Waals surface area contributed by atoms with Crippen LogP contribution in [-0.2, 0) is 0 Å². The molecule has 0 spiro atoms. The number of rotatable bonds is 1. The highest BCUT2D eigenvalue weighted by Crippen LogP contribution is 2.10. The SMILES string of the molecule is N#Cc1ccc([C@@H]2CNCCN2)nc1. The van der Waals surface area contributed by atoms with E-state index in [1.54, 1.807) is 12.3 Å². The van der Waals surface area contributed by atoms with Gasteiger partial charge in [-0.05, 0) is 12.1 Å². The molecule has 0 aromatic carbocycles. The first-order valence-corrected chi connectivity index (χ1v) is 4.70. The third-order valence-electron chi connectivity index (χ3n) is 2.31. The summed E-state index contributed by atoms with van der Waals surface area (Å²) in [5, 5.41) is 15.3. The van der Waals surface area contributed by atoms with E-state index in [1.165, 1.54) is 0 Å². The zero-order valence-electron chi connectivity index (χ0n) is 7.83. The van der Waals surface area contributed by atoms with Crippen LogP contribution in [0.25, 0.3) is 0 Å². The van der Waals surface area contributed by atoms with Crippen molar-refractivity contribution in [1.29, 1.82) is 5.26 Å². The predicted octanol–water partition coefficient (Wildman–Crippen LogP) is 0.187. The molecule has 0 saturated carbocycles. The second kappa shape index (κ2) is 4.18. The largest absolute Gasteiger partial charge is 0.314 e. The van der Waals surface area contributed by atoms with Crippen LogP contribution in [0.3, 0.4) is 0 Å². The van der Waals surface area contributed by atoms with Crippen LogP contribution in [0.4, 0.5) is 0 Å². The van der Waals surface area contributed by atoms with Gasteiger partial charge in [0.25, 0.3) is 0 Å². The monoisotopic (exact) mass is 188 g/mol. The third kappa shape index (κ3) is 1.90. The summed E-state index contributed by atoms with van der Waals surface area (Å²) in [6, 6.07) is 6.04. The summed E-state index contributed by atoms with van der Waals surface area (Å²) in [7, 11) is 0. The summed E-state index contributed by atoms with van der Waals surface area (Å²) >= 11 is 0. The van der Waals surface area contributed by atoms with Crippen LogP contribution in [0.15, 0.2) is 18.3 Å². The van der Waals surface area contributed by atoms with Crippen LogP contribution < -0.4 is 10.6 Å². The van der Waals surface area contributed by atoms with E-state index in [-0.39, 0.29) is 6.04 Å². The van der Waals surface area contributed by atoms with Crippen LogP contribution in [0.2, 0.25) is 0 Å². The van der Waals surface area contributed by atoms with E-state index in [0.29, 0.717) is 5.56 Å². The number of nitriles is 1. The van der Waals surface area contributed by atoms with Gasteiger partial charge in [-0.2, -0.15) is 5.26 Å². The van der Waals surface area contributed by atoms with Crippen molar-refractivity contribution in [2.45, 2.75) is 6.04 Å². The van der Waals surface area contributed by atoms with Crippen LogP contribution in [0, 0.1) is 11.3 Å². The molecule has 1 atom stereocenters. The minimum Gasteiger partial charge on any atom is -0.314 e. The molecular weight excluding hydrogens is 176 g/mol. The van der Waals surface area contributed by atoms with Crippen molar-refractivity contribution in [3.63, 3.8) is 0 Å². The van der Waals surface area contributed by atoms with Crippen LogP contribution in [0.5, 0.6) is 0 Å². The maximum atomic E-state index is 8.62.